The van der Waals surface area contributed by atoms with Crippen LogP contribution in [0.25, 0.3) is 0 Å². The van der Waals surface area contributed by atoms with Gasteiger partial charge in [0.05, 0.1) is 6.10 Å². The zero-order chi connectivity index (χ0) is 9.90. The molecule has 1 nitrogen and oxygen atoms in total. The summed E-state index contributed by atoms with van der Waals surface area (Å²) in [5, 5.41) is 9.91. The molecule has 1 fully saturated rings. The van der Waals surface area contributed by atoms with Crippen LogP contribution in [0, 0.1) is 5.41 Å². The summed E-state index contributed by atoms with van der Waals surface area (Å²) in [6.07, 6.45) is 7.86. The average molecular weight is 182 g/mol. The zero-order valence-corrected chi connectivity index (χ0v) is 9.14. The van der Waals surface area contributed by atoms with Crippen LogP contribution in [0.4, 0.5) is 0 Å². The van der Waals surface area contributed by atoms with Gasteiger partial charge in [0.2, 0.25) is 0 Å². The van der Waals surface area contributed by atoms with Crippen molar-refractivity contribution in [1.82, 2.24) is 0 Å². The fourth-order valence-electron chi connectivity index (χ4n) is 2.06. The molecular formula is C12H22O. The van der Waals surface area contributed by atoms with E-state index in [2.05, 4.69) is 26.8 Å². The minimum Gasteiger partial charge on any atom is -0.393 e. The summed E-state index contributed by atoms with van der Waals surface area (Å²) >= 11 is 0. The van der Waals surface area contributed by atoms with Crippen molar-refractivity contribution in [2.45, 2.75) is 59.0 Å². The van der Waals surface area contributed by atoms with Gasteiger partial charge in [-0.3, -0.25) is 0 Å². The van der Waals surface area contributed by atoms with Gasteiger partial charge in [0.15, 0.2) is 0 Å². The summed E-state index contributed by atoms with van der Waals surface area (Å²) in [6, 6.07) is 0. The minimum atomic E-state index is -0.0863. The number of hydrogen-bond acceptors (Lipinski definition) is 1. The van der Waals surface area contributed by atoms with Gasteiger partial charge in [-0.2, -0.15) is 0 Å². The number of rotatable bonds is 2. The Labute approximate surface area is 81.9 Å². The first kappa shape index (κ1) is 10.8. The normalized spacial score (nSPS) is 34.3. The number of hydrogen-bond donors (Lipinski definition) is 1. The van der Waals surface area contributed by atoms with Crippen LogP contribution in [0.15, 0.2) is 11.6 Å². The van der Waals surface area contributed by atoms with Crippen LogP contribution in [-0.2, 0) is 0 Å². The van der Waals surface area contributed by atoms with Gasteiger partial charge in [0.1, 0.15) is 0 Å². The lowest BCUT2D eigenvalue weighted by Gasteiger charge is -2.37. The average Bonchev–Trinajstić information content (AvgIpc) is 2.07. The Bertz CT molecular complexity index is 191. The van der Waals surface area contributed by atoms with E-state index in [1.807, 2.05) is 0 Å². The molecule has 0 aromatic carbocycles. The first-order chi connectivity index (χ1) is 6.04. The van der Waals surface area contributed by atoms with E-state index >= 15 is 0 Å². The topological polar surface area (TPSA) is 20.2 Å². The molecule has 0 aromatic heterocycles. The van der Waals surface area contributed by atoms with E-state index in [-0.39, 0.29) is 11.5 Å². The van der Waals surface area contributed by atoms with Crippen molar-refractivity contribution in [2.75, 3.05) is 0 Å². The van der Waals surface area contributed by atoms with E-state index in [4.69, 9.17) is 0 Å². The van der Waals surface area contributed by atoms with Crippen molar-refractivity contribution in [1.29, 1.82) is 0 Å². The molecule has 1 rings (SSSR count). The van der Waals surface area contributed by atoms with Crippen LogP contribution in [0.1, 0.15) is 52.9 Å². The molecule has 0 amide bonds. The second-order valence-electron chi connectivity index (χ2n) is 4.90. The molecule has 2 atom stereocenters. The smallest absolute Gasteiger partial charge is 0.0596 e. The van der Waals surface area contributed by atoms with E-state index in [0.29, 0.717) is 0 Å². The Morgan fingerprint density at radius 2 is 2.15 bits per heavy atom. The zero-order valence-electron chi connectivity index (χ0n) is 9.14. The third-order valence-corrected chi connectivity index (χ3v) is 3.26. The summed E-state index contributed by atoms with van der Waals surface area (Å²) < 4.78 is 0. The van der Waals surface area contributed by atoms with Crippen molar-refractivity contribution in [3.8, 4) is 0 Å². The molecule has 0 aliphatic heterocycles. The van der Waals surface area contributed by atoms with Gasteiger partial charge in [0, 0.05) is 0 Å². The molecule has 0 spiro atoms. The van der Waals surface area contributed by atoms with E-state index in [9.17, 15) is 5.11 Å². The maximum Gasteiger partial charge on any atom is 0.0596 e. The highest BCUT2D eigenvalue weighted by Crippen LogP contribution is 2.39. The molecule has 1 aliphatic carbocycles. The first-order valence-electron chi connectivity index (χ1n) is 5.36. The highest BCUT2D eigenvalue weighted by atomic mass is 16.3. The molecule has 2 unspecified atom stereocenters. The van der Waals surface area contributed by atoms with Crippen molar-refractivity contribution in [2.24, 2.45) is 5.41 Å². The second-order valence-corrected chi connectivity index (χ2v) is 4.90. The maximum atomic E-state index is 9.91. The Kier molecular flexibility index (Phi) is 3.55. The molecule has 0 aromatic rings. The van der Waals surface area contributed by atoms with Gasteiger partial charge in [-0.05, 0) is 38.5 Å². The molecule has 0 bridgehead atoms. The van der Waals surface area contributed by atoms with Crippen LogP contribution < -0.4 is 0 Å². The lowest BCUT2D eigenvalue weighted by Crippen LogP contribution is -2.34. The van der Waals surface area contributed by atoms with Gasteiger partial charge in [-0.1, -0.05) is 31.4 Å². The minimum absolute atomic E-state index is 0.0863. The van der Waals surface area contributed by atoms with E-state index in [0.717, 1.165) is 12.8 Å². The predicted molar refractivity (Wildman–Crippen MR) is 56.6 cm³/mol. The van der Waals surface area contributed by atoms with Crippen molar-refractivity contribution >= 4 is 0 Å². The molecule has 76 valence electrons. The Morgan fingerprint density at radius 1 is 1.46 bits per heavy atom. The van der Waals surface area contributed by atoms with Crippen molar-refractivity contribution < 1.29 is 5.11 Å². The van der Waals surface area contributed by atoms with E-state index < -0.39 is 0 Å². The summed E-state index contributed by atoms with van der Waals surface area (Å²) in [4.78, 5) is 0. The summed E-state index contributed by atoms with van der Waals surface area (Å²) in [5.74, 6) is 0. The van der Waals surface area contributed by atoms with Crippen LogP contribution in [0.3, 0.4) is 0 Å². The van der Waals surface area contributed by atoms with Crippen molar-refractivity contribution in [3.63, 3.8) is 0 Å². The summed E-state index contributed by atoms with van der Waals surface area (Å²) in [6.45, 7) is 6.47. The highest BCUT2D eigenvalue weighted by Gasteiger charge is 2.33. The standard InChI is InChI=1S/C12H22O/c1-10(2)7-9-12(3)8-5-4-6-11(12)13/h7,11,13H,4-6,8-9H2,1-3H3. The fourth-order valence-corrected chi connectivity index (χ4v) is 2.06. The van der Waals surface area contributed by atoms with Crippen LogP contribution >= 0.6 is 0 Å². The maximum absolute atomic E-state index is 9.91. The van der Waals surface area contributed by atoms with Gasteiger partial charge >= 0.3 is 0 Å². The summed E-state index contributed by atoms with van der Waals surface area (Å²) in [5.41, 5.74) is 1.51. The van der Waals surface area contributed by atoms with Crippen LogP contribution in [0.5, 0.6) is 0 Å². The van der Waals surface area contributed by atoms with E-state index in [1.165, 1.54) is 24.8 Å². The van der Waals surface area contributed by atoms with Crippen LogP contribution in [0.2, 0.25) is 0 Å². The molecule has 1 saturated carbocycles. The third-order valence-electron chi connectivity index (χ3n) is 3.26. The molecule has 1 heteroatoms. The quantitative estimate of drug-likeness (QED) is 0.650. The molecule has 1 aliphatic rings. The predicted octanol–water partition coefficient (Wildman–Crippen LogP) is 3.28. The molecule has 13 heavy (non-hydrogen) atoms. The van der Waals surface area contributed by atoms with Gasteiger partial charge < -0.3 is 5.11 Å². The second kappa shape index (κ2) is 4.28. The lowest BCUT2D eigenvalue weighted by atomic mass is 9.71. The van der Waals surface area contributed by atoms with Crippen LogP contribution in [-0.4, -0.2) is 11.2 Å². The monoisotopic (exact) mass is 182 g/mol. The Morgan fingerprint density at radius 3 is 2.69 bits per heavy atom. The SMILES string of the molecule is CC(C)=CCC1(C)CCCCC1O. The van der Waals surface area contributed by atoms with E-state index in [1.54, 1.807) is 0 Å². The fraction of sp³-hybridized carbons (Fsp3) is 0.833. The van der Waals surface area contributed by atoms with Gasteiger partial charge in [-0.25, -0.2) is 0 Å². The first-order valence-corrected chi connectivity index (χ1v) is 5.36. The third kappa shape index (κ3) is 2.84. The number of allylic oxidation sites excluding steroid dienone is 2. The molecule has 1 N–H and O–H groups in total. The highest BCUT2D eigenvalue weighted by molar-refractivity contribution is 4.99. The Balaban J connectivity index is 2.56. The van der Waals surface area contributed by atoms with Crippen molar-refractivity contribution in [3.05, 3.63) is 11.6 Å². The molecule has 0 radical (unpaired) electrons. The molecule has 0 saturated heterocycles. The molecule has 0 heterocycles. The largest absolute Gasteiger partial charge is 0.393 e. The summed E-state index contributed by atoms with van der Waals surface area (Å²) in [7, 11) is 0. The van der Waals surface area contributed by atoms with Gasteiger partial charge in [0.25, 0.3) is 0 Å². The number of aliphatic hydroxyl groups is 1. The number of aliphatic hydroxyl groups excluding tert-OH is 1. The molecular weight excluding hydrogens is 160 g/mol. The van der Waals surface area contributed by atoms with Gasteiger partial charge in [-0.15, -0.1) is 0 Å². The lowest BCUT2D eigenvalue weighted by molar-refractivity contribution is 0.00259. The Hall–Kier alpha value is -0.300.